The number of hydrogen-bond donors (Lipinski definition) is 1. The minimum atomic E-state index is -4.63. The molecule has 2 aromatic rings. The van der Waals surface area contributed by atoms with Crippen LogP contribution in [-0.2, 0) is 6.18 Å². The van der Waals surface area contributed by atoms with Gasteiger partial charge < -0.3 is 5.73 Å². The van der Waals surface area contributed by atoms with Gasteiger partial charge in [0.25, 0.3) is 0 Å². The number of nitrogen functional groups attached to an aromatic ring is 1. The van der Waals surface area contributed by atoms with Gasteiger partial charge >= 0.3 is 6.18 Å². The highest BCUT2D eigenvalue weighted by atomic mass is 19.4. The largest absolute Gasteiger partial charge is 0.435 e. The van der Waals surface area contributed by atoms with Crippen LogP contribution in [-0.4, -0.2) is 9.78 Å². The summed E-state index contributed by atoms with van der Waals surface area (Å²) >= 11 is 0. The van der Waals surface area contributed by atoms with Crippen LogP contribution in [0.2, 0.25) is 0 Å². The fourth-order valence-corrected chi connectivity index (χ4v) is 1.37. The topological polar surface area (TPSA) is 43.8 Å². The zero-order valence-electron chi connectivity index (χ0n) is 8.67. The van der Waals surface area contributed by atoms with Crippen molar-refractivity contribution < 1.29 is 22.0 Å². The second-order valence-corrected chi connectivity index (χ2v) is 3.46. The summed E-state index contributed by atoms with van der Waals surface area (Å²) in [4.78, 5) is 0. The molecule has 0 aliphatic heterocycles. The van der Waals surface area contributed by atoms with Crippen LogP contribution in [0.25, 0.3) is 5.69 Å². The van der Waals surface area contributed by atoms with Gasteiger partial charge in [0.2, 0.25) is 0 Å². The fraction of sp³-hybridized carbons (Fsp3) is 0.100. The van der Waals surface area contributed by atoms with Crippen LogP contribution in [0, 0.1) is 11.6 Å². The second kappa shape index (κ2) is 3.97. The smallest absolute Gasteiger partial charge is 0.395 e. The molecular weight excluding hydrogens is 257 g/mol. The lowest BCUT2D eigenvalue weighted by molar-refractivity contribution is -0.141. The van der Waals surface area contributed by atoms with Gasteiger partial charge in [-0.3, -0.25) is 0 Å². The SMILES string of the molecule is Nc1c(F)cc(F)cc1-n1ccc(C(F)(F)F)n1. The first-order chi connectivity index (χ1) is 8.29. The molecule has 0 saturated carbocycles. The molecular formula is C10H6F5N3. The van der Waals surface area contributed by atoms with Crippen molar-refractivity contribution in [2.45, 2.75) is 6.18 Å². The van der Waals surface area contributed by atoms with E-state index in [1.807, 2.05) is 0 Å². The standard InChI is InChI=1S/C10H6F5N3/c11-5-3-6(12)9(16)7(4-5)18-2-1-8(17-18)10(13,14)15/h1-4H,16H2. The zero-order chi connectivity index (χ0) is 13.5. The molecule has 0 atom stereocenters. The lowest BCUT2D eigenvalue weighted by Crippen LogP contribution is -2.09. The first-order valence-electron chi connectivity index (χ1n) is 4.67. The van der Waals surface area contributed by atoms with Crippen LogP contribution < -0.4 is 5.73 Å². The minimum absolute atomic E-state index is 0.289. The molecule has 96 valence electrons. The molecule has 0 fully saturated rings. The number of hydrogen-bond acceptors (Lipinski definition) is 2. The van der Waals surface area contributed by atoms with Crippen LogP contribution in [0.4, 0.5) is 27.6 Å². The van der Waals surface area contributed by atoms with Crippen LogP contribution >= 0.6 is 0 Å². The summed E-state index contributed by atoms with van der Waals surface area (Å²) in [6.45, 7) is 0. The Morgan fingerprint density at radius 2 is 1.83 bits per heavy atom. The van der Waals surface area contributed by atoms with E-state index >= 15 is 0 Å². The van der Waals surface area contributed by atoms with Gasteiger partial charge in [0, 0.05) is 18.3 Å². The minimum Gasteiger partial charge on any atom is -0.395 e. The number of aromatic nitrogens is 2. The highest BCUT2D eigenvalue weighted by Crippen LogP contribution is 2.29. The molecule has 0 spiro atoms. The number of nitrogens with zero attached hydrogens (tertiary/aromatic N) is 2. The Kier molecular flexibility index (Phi) is 2.72. The van der Waals surface area contributed by atoms with E-state index in [9.17, 15) is 22.0 Å². The van der Waals surface area contributed by atoms with Crippen molar-refractivity contribution in [3.63, 3.8) is 0 Å². The molecule has 0 radical (unpaired) electrons. The molecule has 8 heteroatoms. The maximum absolute atomic E-state index is 13.1. The molecule has 0 aliphatic rings. The maximum atomic E-state index is 13.1. The van der Waals surface area contributed by atoms with Crippen molar-refractivity contribution >= 4 is 5.69 Å². The van der Waals surface area contributed by atoms with Gasteiger partial charge in [-0.25, -0.2) is 13.5 Å². The van der Waals surface area contributed by atoms with Crippen molar-refractivity contribution in [2.75, 3.05) is 5.73 Å². The normalized spacial score (nSPS) is 11.8. The molecule has 2 N–H and O–H groups in total. The highest BCUT2D eigenvalue weighted by Gasteiger charge is 2.33. The van der Waals surface area contributed by atoms with Gasteiger partial charge in [-0.1, -0.05) is 0 Å². The molecule has 0 unspecified atom stereocenters. The lowest BCUT2D eigenvalue weighted by atomic mass is 10.2. The lowest BCUT2D eigenvalue weighted by Gasteiger charge is -2.07. The number of nitrogens with two attached hydrogens (primary N) is 1. The quantitative estimate of drug-likeness (QED) is 0.635. The average Bonchev–Trinajstić information content (AvgIpc) is 2.71. The number of anilines is 1. The third kappa shape index (κ3) is 2.13. The van der Waals surface area contributed by atoms with E-state index in [4.69, 9.17) is 5.73 Å². The Morgan fingerprint density at radius 3 is 2.39 bits per heavy atom. The summed E-state index contributed by atoms with van der Waals surface area (Å²) in [5.74, 6) is -2.02. The van der Waals surface area contributed by atoms with Crippen molar-refractivity contribution in [3.8, 4) is 5.69 Å². The van der Waals surface area contributed by atoms with Crippen molar-refractivity contribution in [1.82, 2.24) is 9.78 Å². The van der Waals surface area contributed by atoms with E-state index < -0.39 is 29.2 Å². The molecule has 0 bridgehead atoms. The molecule has 18 heavy (non-hydrogen) atoms. The van der Waals surface area contributed by atoms with Gasteiger partial charge in [0.05, 0.1) is 11.4 Å². The maximum Gasteiger partial charge on any atom is 0.435 e. The predicted molar refractivity (Wildman–Crippen MR) is 52.9 cm³/mol. The van der Waals surface area contributed by atoms with Crippen molar-refractivity contribution in [2.24, 2.45) is 0 Å². The molecule has 3 nitrogen and oxygen atoms in total. The predicted octanol–water partition coefficient (Wildman–Crippen LogP) is 2.75. The van der Waals surface area contributed by atoms with E-state index in [1.54, 1.807) is 0 Å². The van der Waals surface area contributed by atoms with E-state index in [-0.39, 0.29) is 5.69 Å². The first kappa shape index (κ1) is 12.3. The molecule has 2 rings (SSSR count). The molecule has 0 saturated heterocycles. The van der Waals surface area contributed by atoms with E-state index in [0.717, 1.165) is 12.3 Å². The molecule has 0 aliphatic carbocycles. The number of alkyl halides is 3. The molecule has 0 amide bonds. The number of halogens is 5. The Hall–Kier alpha value is -2.12. The second-order valence-electron chi connectivity index (χ2n) is 3.46. The van der Waals surface area contributed by atoms with Gasteiger partial charge in [-0.15, -0.1) is 0 Å². The van der Waals surface area contributed by atoms with E-state index in [0.29, 0.717) is 16.8 Å². The first-order valence-corrected chi connectivity index (χ1v) is 4.67. The van der Waals surface area contributed by atoms with E-state index in [1.165, 1.54) is 0 Å². The van der Waals surface area contributed by atoms with Crippen molar-refractivity contribution in [1.29, 1.82) is 0 Å². The Balaban J connectivity index is 2.53. The Labute approximate surface area is 97.6 Å². The van der Waals surface area contributed by atoms with Crippen LogP contribution in [0.3, 0.4) is 0 Å². The third-order valence-electron chi connectivity index (χ3n) is 2.20. The van der Waals surface area contributed by atoms with Gasteiger partial charge in [0.1, 0.15) is 5.82 Å². The summed E-state index contributed by atoms with van der Waals surface area (Å²) < 4.78 is 63.7. The van der Waals surface area contributed by atoms with Crippen molar-refractivity contribution in [3.05, 3.63) is 41.7 Å². The van der Waals surface area contributed by atoms with Gasteiger partial charge in [-0.05, 0) is 6.07 Å². The summed E-state index contributed by atoms with van der Waals surface area (Å²) in [6, 6.07) is 2.01. The summed E-state index contributed by atoms with van der Waals surface area (Å²) in [5.41, 5.74) is 3.38. The monoisotopic (exact) mass is 263 g/mol. The number of benzene rings is 1. The Morgan fingerprint density at radius 1 is 1.17 bits per heavy atom. The average molecular weight is 263 g/mol. The van der Waals surface area contributed by atoms with E-state index in [2.05, 4.69) is 5.10 Å². The summed E-state index contributed by atoms with van der Waals surface area (Å²) in [7, 11) is 0. The zero-order valence-corrected chi connectivity index (χ0v) is 8.67. The molecule has 1 aromatic heterocycles. The highest BCUT2D eigenvalue weighted by molar-refractivity contribution is 5.58. The van der Waals surface area contributed by atoms with Gasteiger partial charge in [0.15, 0.2) is 11.5 Å². The third-order valence-corrected chi connectivity index (χ3v) is 2.20. The molecule has 1 aromatic carbocycles. The Bertz CT molecular complexity index is 588. The van der Waals surface area contributed by atoms with Crippen LogP contribution in [0.1, 0.15) is 5.69 Å². The van der Waals surface area contributed by atoms with Crippen LogP contribution in [0.15, 0.2) is 24.4 Å². The molecule has 1 heterocycles. The fourth-order valence-electron chi connectivity index (χ4n) is 1.37. The summed E-state index contributed by atoms with van der Waals surface area (Å²) in [6.07, 6.45) is -3.71. The van der Waals surface area contributed by atoms with Crippen LogP contribution in [0.5, 0.6) is 0 Å². The summed E-state index contributed by atoms with van der Waals surface area (Å²) in [5, 5.41) is 3.17. The van der Waals surface area contributed by atoms with Gasteiger partial charge in [-0.2, -0.15) is 18.3 Å². The number of rotatable bonds is 1.